The number of aromatic nitrogens is 3. The van der Waals surface area contributed by atoms with E-state index < -0.39 is 4.92 Å². The van der Waals surface area contributed by atoms with E-state index in [1.54, 1.807) is 19.1 Å². The number of carbonyl (C=O) groups is 1. The lowest BCUT2D eigenvalue weighted by atomic mass is 10.0. The van der Waals surface area contributed by atoms with Crippen molar-refractivity contribution in [3.05, 3.63) is 45.8 Å². The molecule has 1 aliphatic rings. The second-order valence-electron chi connectivity index (χ2n) is 7.31. The van der Waals surface area contributed by atoms with E-state index in [2.05, 4.69) is 34.4 Å². The number of nitrogens with zero attached hydrogens (tertiary/aromatic N) is 5. The van der Waals surface area contributed by atoms with E-state index in [0.717, 1.165) is 13.1 Å². The predicted octanol–water partition coefficient (Wildman–Crippen LogP) is 1.32. The zero-order valence-electron chi connectivity index (χ0n) is 16.2. The molecule has 2 heterocycles. The van der Waals surface area contributed by atoms with Gasteiger partial charge in [-0.05, 0) is 26.8 Å². The van der Waals surface area contributed by atoms with Gasteiger partial charge in [0.15, 0.2) is 5.69 Å². The first kappa shape index (κ1) is 19.9. The number of nitro benzene ring substituents is 1. The Balaban J connectivity index is 1.71. The van der Waals surface area contributed by atoms with Crippen molar-refractivity contribution in [3.63, 3.8) is 0 Å². The number of hydrogen-bond donors (Lipinski definition) is 1. The highest BCUT2D eigenvalue weighted by Gasteiger charge is 2.29. The summed E-state index contributed by atoms with van der Waals surface area (Å²) >= 11 is 0. The number of morpholine rings is 1. The molecule has 1 aromatic heterocycles. The van der Waals surface area contributed by atoms with Crippen molar-refractivity contribution in [2.24, 2.45) is 0 Å². The summed E-state index contributed by atoms with van der Waals surface area (Å²) < 4.78 is 6.81. The van der Waals surface area contributed by atoms with Gasteiger partial charge in [-0.3, -0.25) is 19.8 Å². The van der Waals surface area contributed by atoms with Crippen molar-refractivity contribution >= 4 is 11.6 Å². The minimum Gasteiger partial charge on any atom is -0.379 e. The Kier molecular flexibility index (Phi) is 5.71. The second kappa shape index (κ2) is 8.03. The lowest BCUT2D eigenvalue weighted by Gasteiger charge is -2.40. The van der Waals surface area contributed by atoms with Gasteiger partial charge in [0.05, 0.1) is 29.5 Å². The van der Waals surface area contributed by atoms with Gasteiger partial charge in [-0.25, -0.2) is 4.68 Å². The number of benzene rings is 1. The maximum absolute atomic E-state index is 12.6. The SMILES string of the molecule is Cc1c(C(=O)NCC(C)(C)N2CCOCC2)nnn1-c1cccc([N+](=O)[O-])c1. The van der Waals surface area contributed by atoms with Gasteiger partial charge in [0.1, 0.15) is 0 Å². The van der Waals surface area contributed by atoms with Crippen LogP contribution >= 0.6 is 0 Å². The molecule has 2 aromatic rings. The standard InChI is InChI=1S/C18H24N6O4/c1-13-16(17(25)19-12-18(2,3)22-7-9-28-10-8-22)20-21-23(13)14-5-4-6-15(11-14)24(26)27/h4-6,11H,7-10,12H2,1-3H3,(H,19,25). The number of hydrogen-bond acceptors (Lipinski definition) is 7. The van der Waals surface area contributed by atoms with Crippen molar-refractivity contribution in [3.8, 4) is 5.69 Å². The van der Waals surface area contributed by atoms with Gasteiger partial charge in [-0.15, -0.1) is 5.10 Å². The van der Waals surface area contributed by atoms with E-state index in [1.807, 2.05) is 0 Å². The summed E-state index contributed by atoms with van der Waals surface area (Å²) in [6.45, 7) is 9.34. The molecule has 1 amide bonds. The highest BCUT2D eigenvalue weighted by molar-refractivity contribution is 5.93. The first-order chi connectivity index (χ1) is 13.3. The van der Waals surface area contributed by atoms with Crippen LogP contribution in [0, 0.1) is 17.0 Å². The molecule has 0 bridgehead atoms. The topological polar surface area (TPSA) is 115 Å². The van der Waals surface area contributed by atoms with Crippen LogP contribution in [-0.4, -0.2) is 69.1 Å². The maximum Gasteiger partial charge on any atom is 0.273 e. The Hall–Kier alpha value is -2.85. The van der Waals surface area contributed by atoms with E-state index in [-0.39, 0.29) is 22.8 Å². The number of ether oxygens (including phenoxy) is 1. The molecule has 0 aliphatic carbocycles. The van der Waals surface area contributed by atoms with Crippen molar-refractivity contribution in [2.75, 3.05) is 32.8 Å². The molecule has 1 N–H and O–H groups in total. The van der Waals surface area contributed by atoms with Crippen molar-refractivity contribution in [1.29, 1.82) is 0 Å². The third-order valence-corrected chi connectivity index (χ3v) is 4.94. The first-order valence-corrected chi connectivity index (χ1v) is 9.08. The molecule has 0 atom stereocenters. The highest BCUT2D eigenvalue weighted by atomic mass is 16.6. The largest absolute Gasteiger partial charge is 0.379 e. The molecule has 1 aliphatic heterocycles. The van der Waals surface area contributed by atoms with E-state index in [0.29, 0.717) is 31.1 Å². The van der Waals surface area contributed by atoms with Crippen LogP contribution < -0.4 is 5.32 Å². The number of non-ortho nitro benzene ring substituents is 1. The number of rotatable bonds is 6. The Morgan fingerprint density at radius 1 is 1.36 bits per heavy atom. The molecule has 1 fully saturated rings. The van der Waals surface area contributed by atoms with Gasteiger partial charge in [0, 0.05) is 37.3 Å². The molecule has 1 aromatic carbocycles. The monoisotopic (exact) mass is 388 g/mol. The van der Waals surface area contributed by atoms with Gasteiger partial charge >= 0.3 is 0 Å². The fourth-order valence-corrected chi connectivity index (χ4v) is 3.18. The smallest absolute Gasteiger partial charge is 0.273 e. The van der Waals surface area contributed by atoms with Crippen LogP contribution in [0.15, 0.2) is 24.3 Å². The Morgan fingerprint density at radius 2 is 2.07 bits per heavy atom. The molecule has 10 heteroatoms. The average Bonchev–Trinajstić information content (AvgIpc) is 3.08. The summed E-state index contributed by atoms with van der Waals surface area (Å²) in [7, 11) is 0. The molecule has 150 valence electrons. The summed E-state index contributed by atoms with van der Waals surface area (Å²) in [5.74, 6) is -0.324. The predicted molar refractivity (Wildman–Crippen MR) is 102 cm³/mol. The maximum atomic E-state index is 12.6. The molecule has 0 spiro atoms. The van der Waals surface area contributed by atoms with Crippen LogP contribution in [0.25, 0.3) is 5.69 Å². The molecule has 0 unspecified atom stereocenters. The zero-order valence-corrected chi connectivity index (χ0v) is 16.2. The zero-order chi connectivity index (χ0) is 20.3. The lowest BCUT2D eigenvalue weighted by Crippen LogP contribution is -2.55. The number of nitro groups is 1. The van der Waals surface area contributed by atoms with Gasteiger partial charge < -0.3 is 10.1 Å². The fourth-order valence-electron chi connectivity index (χ4n) is 3.18. The lowest BCUT2D eigenvalue weighted by molar-refractivity contribution is -0.384. The van der Waals surface area contributed by atoms with Crippen LogP contribution in [0.1, 0.15) is 30.0 Å². The van der Waals surface area contributed by atoms with E-state index >= 15 is 0 Å². The minimum absolute atomic E-state index is 0.0503. The third-order valence-electron chi connectivity index (χ3n) is 4.94. The first-order valence-electron chi connectivity index (χ1n) is 9.08. The minimum atomic E-state index is -0.475. The summed E-state index contributed by atoms with van der Waals surface area (Å²) in [6, 6.07) is 6.04. The average molecular weight is 388 g/mol. The van der Waals surface area contributed by atoms with Crippen LogP contribution in [0.4, 0.5) is 5.69 Å². The van der Waals surface area contributed by atoms with Crippen molar-refractivity contribution < 1.29 is 14.5 Å². The number of carbonyl (C=O) groups excluding carboxylic acids is 1. The van der Waals surface area contributed by atoms with E-state index in [1.165, 1.54) is 16.8 Å². The molecule has 0 radical (unpaired) electrons. The third kappa shape index (κ3) is 4.18. The van der Waals surface area contributed by atoms with Crippen molar-refractivity contribution in [1.82, 2.24) is 25.2 Å². The number of amides is 1. The molecular formula is C18H24N6O4. The van der Waals surface area contributed by atoms with Gasteiger partial charge in [-0.1, -0.05) is 11.3 Å². The normalized spacial score (nSPS) is 15.4. The van der Waals surface area contributed by atoms with Crippen molar-refractivity contribution in [2.45, 2.75) is 26.3 Å². The van der Waals surface area contributed by atoms with Crippen LogP contribution in [-0.2, 0) is 4.74 Å². The Labute approximate surface area is 162 Å². The van der Waals surface area contributed by atoms with Crippen LogP contribution in [0.3, 0.4) is 0 Å². The molecule has 28 heavy (non-hydrogen) atoms. The highest BCUT2D eigenvalue weighted by Crippen LogP contribution is 2.19. The molecule has 3 rings (SSSR count). The van der Waals surface area contributed by atoms with Gasteiger partial charge in [0.2, 0.25) is 0 Å². The second-order valence-corrected chi connectivity index (χ2v) is 7.31. The summed E-state index contributed by atoms with van der Waals surface area (Å²) in [5, 5.41) is 21.9. The summed E-state index contributed by atoms with van der Waals surface area (Å²) in [6.07, 6.45) is 0. The van der Waals surface area contributed by atoms with Gasteiger partial charge in [0.25, 0.3) is 11.6 Å². The van der Waals surface area contributed by atoms with Crippen LogP contribution in [0.5, 0.6) is 0 Å². The van der Waals surface area contributed by atoms with Gasteiger partial charge in [-0.2, -0.15) is 0 Å². The summed E-state index contributed by atoms with van der Waals surface area (Å²) in [5.41, 5.74) is 0.924. The quantitative estimate of drug-likeness (QED) is 0.586. The Bertz CT molecular complexity index is 873. The molecular weight excluding hydrogens is 364 g/mol. The summed E-state index contributed by atoms with van der Waals surface area (Å²) in [4.78, 5) is 25.4. The molecule has 1 saturated heterocycles. The van der Waals surface area contributed by atoms with Crippen LogP contribution in [0.2, 0.25) is 0 Å². The van der Waals surface area contributed by atoms with E-state index in [9.17, 15) is 14.9 Å². The number of nitrogens with one attached hydrogen (secondary N) is 1. The van der Waals surface area contributed by atoms with E-state index in [4.69, 9.17) is 4.74 Å². The fraction of sp³-hybridized carbons (Fsp3) is 0.500. The molecule has 0 saturated carbocycles. The Morgan fingerprint density at radius 3 is 2.75 bits per heavy atom. The molecule has 10 nitrogen and oxygen atoms in total.